The molecule has 0 saturated heterocycles. The Balaban J connectivity index is 1.89. The zero-order chi connectivity index (χ0) is 21.2. The number of halogens is 4. The molecule has 1 aliphatic rings. The van der Waals surface area contributed by atoms with Crippen LogP contribution in [0.25, 0.3) is 0 Å². The van der Waals surface area contributed by atoms with Crippen LogP contribution in [0, 0.1) is 0 Å². The topological polar surface area (TPSA) is 67.4 Å². The molecule has 1 unspecified atom stereocenters. The third-order valence-corrected chi connectivity index (χ3v) is 6.68. The number of carbonyl (C=O) groups excluding carboxylic acids is 2. The van der Waals surface area contributed by atoms with Gasteiger partial charge < -0.3 is 15.4 Å². The fourth-order valence-electron chi connectivity index (χ4n) is 3.13. The van der Waals surface area contributed by atoms with Gasteiger partial charge in [-0.15, -0.1) is 11.3 Å². The zero-order valence-corrected chi connectivity index (χ0v) is 19.2. The molecule has 1 atom stereocenters. The SMILES string of the molecule is COC(=O)c1c(NC(NC(=O)c2ccc(Cl)cc2)C(Cl)(Cl)Cl)sc2c1CCCC2. The van der Waals surface area contributed by atoms with Gasteiger partial charge in [0, 0.05) is 15.5 Å². The molecular formula is C19H18Cl4N2O3S. The number of esters is 1. The van der Waals surface area contributed by atoms with E-state index in [-0.39, 0.29) is 0 Å². The van der Waals surface area contributed by atoms with Crippen LogP contribution >= 0.6 is 57.7 Å². The van der Waals surface area contributed by atoms with Crippen LogP contribution in [-0.2, 0) is 17.6 Å². The Labute approximate surface area is 192 Å². The zero-order valence-electron chi connectivity index (χ0n) is 15.4. The number of carbonyl (C=O) groups is 2. The highest BCUT2D eigenvalue weighted by Crippen LogP contribution is 2.40. The van der Waals surface area contributed by atoms with Gasteiger partial charge in [0.05, 0.1) is 12.7 Å². The predicted molar refractivity (Wildman–Crippen MR) is 119 cm³/mol. The van der Waals surface area contributed by atoms with E-state index in [2.05, 4.69) is 10.6 Å². The normalized spacial score (nSPS) is 14.7. The van der Waals surface area contributed by atoms with Crippen molar-refractivity contribution >= 4 is 74.6 Å². The van der Waals surface area contributed by atoms with E-state index in [0.717, 1.165) is 36.1 Å². The summed E-state index contributed by atoms with van der Waals surface area (Å²) in [5.74, 6) is -0.912. The molecule has 0 radical (unpaired) electrons. The van der Waals surface area contributed by atoms with E-state index in [0.29, 0.717) is 21.2 Å². The second kappa shape index (κ2) is 9.31. The molecule has 0 saturated carbocycles. The molecule has 0 spiro atoms. The highest BCUT2D eigenvalue weighted by Gasteiger charge is 2.36. The van der Waals surface area contributed by atoms with Crippen molar-refractivity contribution in [1.82, 2.24) is 5.32 Å². The number of amides is 1. The number of thiophene rings is 1. The number of methoxy groups -OCH3 is 1. The molecule has 29 heavy (non-hydrogen) atoms. The molecule has 3 rings (SSSR count). The van der Waals surface area contributed by atoms with Crippen molar-refractivity contribution < 1.29 is 14.3 Å². The van der Waals surface area contributed by atoms with E-state index in [1.807, 2.05) is 0 Å². The summed E-state index contributed by atoms with van der Waals surface area (Å²) in [6, 6.07) is 6.32. The van der Waals surface area contributed by atoms with E-state index in [4.69, 9.17) is 51.1 Å². The standard InChI is InChI=1S/C19H18Cl4N2O3S/c1-28-17(27)14-12-4-2-3-5-13(12)29-16(14)25-18(19(21,22)23)24-15(26)10-6-8-11(20)9-7-10/h6-9,18,25H,2-5H2,1H3,(H,24,26). The van der Waals surface area contributed by atoms with Gasteiger partial charge in [-0.1, -0.05) is 46.4 Å². The lowest BCUT2D eigenvalue weighted by atomic mass is 9.95. The third-order valence-electron chi connectivity index (χ3n) is 4.55. The lowest BCUT2D eigenvalue weighted by Gasteiger charge is -2.27. The first kappa shape index (κ1) is 22.5. The number of aryl methyl sites for hydroxylation is 1. The quantitative estimate of drug-likeness (QED) is 0.321. The van der Waals surface area contributed by atoms with Crippen molar-refractivity contribution in [3.05, 3.63) is 50.9 Å². The molecule has 2 aromatic rings. The maximum atomic E-state index is 12.6. The molecule has 156 valence electrons. The van der Waals surface area contributed by atoms with E-state index in [9.17, 15) is 9.59 Å². The molecule has 5 nitrogen and oxygen atoms in total. The number of fused-ring (bicyclic) bond motifs is 1. The lowest BCUT2D eigenvalue weighted by Crippen LogP contribution is -2.49. The molecule has 1 aromatic heterocycles. The Morgan fingerprint density at radius 1 is 1.14 bits per heavy atom. The average Bonchev–Trinajstić information content (AvgIpc) is 3.04. The number of hydrogen-bond donors (Lipinski definition) is 2. The average molecular weight is 496 g/mol. The van der Waals surface area contributed by atoms with Crippen LogP contribution in [0.1, 0.15) is 44.0 Å². The molecule has 1 heterocycles. The molecule has 1 aliphatic carbocycles. The number of rotatable bonds is 5. The van der Waals surface area contributed by atoms with Gasteiger partial charge in [0.2, 0.25) is 3.79 Å². The minimum Gasteiger partial charge on any atom is -0.465 e. The van der Waals surface area contributed by atoms with Gasteiger partial charge in [0.15, 0.2) is 0 Å². The summed E-state index contributed by atoms with van der Waals surface area (Å²) >= 11 is 25.6. The van der Waals surface area contributed by atoms with Crippen LogP contribution in [0.4, 0.5) is 5.00 Å². The summed E-state index contributed by atoms with van der Waals surface area (Å²) in [4.78, 5) is 26.1. The fourth-order valence-corrected chi connectivity index (χ4v) is 4.89. The summed E-state index contributed by atoms with van der Waals surface area (Å²) < 4.78 is 3.08. The molecule has 0 bridgehead atoms. The minimum atomic E-state index is -1.88. The van der Waals surface area contributed by atoms with Crippen molar-refractivity contribution in [2.75, 3.05) is 12.4 Å². The van der Waals surface area contributed by atoms with Crippen LogP contribution in [0.5, 0.6) is 0 Å². The summed E-state index contributed by atoms with van der Waals surface area (Å²) in [6.45, 7) is 0. The molecule has 1 amide bonds. The Bertz CT molecular complexity index is 909. The first-order valence-electron chi connectivity index (χ1n) is 8.83. The van der Waals surface area contributed by atoms with Crippen LogP contribution in [0.2, 0.25) is 5.02 Å². The van der Waals surface area contributed by atoms with Crippen molar-refractivity contribution in [2.24, 2.45) is 0 Å². The molecule has 0 aliphatic heterocycles. The summed E-state index contributed by atoms with van der Waals surface area (Å²) in [5, 5.41) is 6.72. The Kier molecular flexibility index (Phi) is 7.23. The van der Waals surface area contributed by atoms with E-state index in [1.165, 1.54) is 18.4 Å². The van der Waals surface area contributed by atoms with Crippen molar-refractivity contribution in [1.29, 1.82) is 0 Å². The minimum absolute atomic E-state index is 0.356. The molecular weight excluding hydrogens is 478 g/mol. The van der Waals surface area contributed by atoms with Crippen molar-refractivity contribution in [3.8, 4) is 0 Å². The molecule has 0 fully saturated rings. The van der Waals surface area contributed by atoms with Gasteiger partial charge in [-0.3, -0.25) is 4.79 Å². The number of ether oxygens (including phenoxy) is 1. The summed E-state index contributed by atoms with van der Waals surface area (Å²) in [7, 11) is 1.33. The Morgan fingerprint density at radius 3 is 2.41 bits per heavy atom. The van der Waals surface area contributed by atoms with Crippen molar-refractivity contribution in [3.63, 3.8) is 0 Å². The molecule has 10 heteroatoms. The van der Waals surface area contributed by atoms with Gasteiger partial charge in [0.1, 0.15) is 11.2 Å². The number of nitrogens with one attached hydrogen (secondary N) is 2. The third kappa shape index (κ3) is 5.30. The second-order valence-corrected chi connectivity index (χ2v) is 10.4. The maximum absolute atomic E-state index is 12.6. The van der Waals surface area contributed by atoms with Gasteiger partial charge >= 0.3 is 5.97 Å². The Morgan fingerprint density at radius 2 is 1.79 bits per heavy atom. The van der Waals surface area contributed by atoms with Crippen molar-refractivity contribution in [2.45, 2.75) is 35.6 Å². The fraction of sp³-hybridized carbons (Fsp3) is 0.368. The second-order valence-electron chi connectivity index (χ2n) is 6.51. The largest absolute Gasteiger partial charge is 0.465 e. The smallest absolute Gasteiger partial charge is 0.341 e. The number of anilines is 1. The van der Waals surface area contributed by atoms with Gasteiger partial charge in [0.25, 0.3) is 5.91 Å². The van der Waals surface area contributed by atoms with Crippen LogP contribution in [-0.4, -0.2) is 28.9 Å². The molecule has 2 N–H and O–H groups in total. The maximum Gasteiger partial charge on any atom is 0.341 e. The summed E-state index contributed by atoms with van der Waals surface area (Å²) in [6.07, 6.45) is 2.62. The number of alkyl halides is 3. The first-order valence-corrected chi connectivity index (χ1v) is 11.2. The van der Waals surface area contributed by atoms with Gasteiger partial charge in [-0.2, -0.15) is 0 Å². The highest BCUT2D eigenvalue weighted by atomic mass is 35.6. The van der Waals surface area contributed by atoms with Gasteiger partial charge in [-0.25, -0.2) is 4.79 Å². The monoisotopic (exact) mass is 494 g/mol. The van der Waals surface area contributed by atoms with E-state index < -0.39 is 21.8 Å². The first-order chi connectivity index (χ1) is 13.7. The van der Waals surface area contributed by atoms with E-state index in [1.54, 1.807) is 24.3 Å². The number of benzene rings is 1. The highest BCUT2D eigenvalue weighted by molar-refractivity contribution is 7.16. The van der Waals surface area contributed by atoms with Crippen LogP contribution in [0.15, 0.2) is 24.3 Å². The predicted octanol–water partition coefficient (Wildman–Crippen LogP) is 5.61. The van der Waals surface area contributed by atoms with Crippen LogP contribution in [0.3, 0.4) is 0 Å². The molecule has 1 aromatic carbocycles. The Hall–Kier alpha value is -1.18. The van der Waals surface area contributed by atoms with E-state index >= 15 is 0 Å². The van der Waals surface area contributed by atoms with Gasteiger partial charge in [-0.05, 0) is 55.5 Å². The summed E-state index contributed by atoms with van der Waals surface area (Å²) in [5.41, 5.74) is 1.75. The van der Waals surface area contributed by atoms with Crippen LogP contribution < -0.4 is 10.6 Å². The lowest BCUT2D eigenvalue weighted by molar-refractivity contribution is 0.0600. The number of hydrogen-bond acceptors (Lipinski definition) is 5.